The predicted octanol–water partition coefficient (Wildman–Crippen LogP) is 1.67. The first-order valence-electron chi connectivity index (χ1n) is 2.51. The fourth-order valence-electron chi connectivity index (χ4n) is 0.500. The lowest BCUT2D eigenvalue weighted by Crippen LogP contribution is -2.06. The van der Waals surface area contributed by atoms with Gasteiger partial charge in [0.15, 0.2) is 0 Å². The average molecular weight is 178 g/mol. The number of nitrogen functional groups attached to an aromatic ring is 1. The molecule has 0 saturated carbocycles. The topological polar surface area (TPSA) is 50.9 Å². The van der Waals surface area contributed by atoms with Gasteiger partial charge in [0.2, 0.25) is 0 Å². The fraction of sp³-hybridized carbons (Fsp3) is 0. The lowest BCUT2D eigenvalue weighted by molar-refractivity contribution is 1.27. The van der Waals surface area contributed by atoms with Crippen molar-refractivity contribution in [3.63, 3.8) is 0 Å². The van der Waals surface area contributed by atoms with E-state index < -0.39 is 0 Å². The molecule has 0 aromatic carbocycles. The summed E-state index contributed by atoms with van der Waals surface area (Å²) in [6, 6.07) is 1.59. The van der Waals surface area contributed by atoms with Gasteiger partial charge in [0.05, 0.1) is 16.9 Å². The van der Waals surface area contributed by atoms with Crippen LogP contribution < -0.4 is 11.3 Å². The molecule has 3 nitrogen and oxygen atoms in total. The van der Waals surface area contributed by atoms with Gasteiger partial charge in [-0.25, -0.2) is 4.98 Å². The highest BCUT2D eigenvalue weighted by molar-refractivity contribution is 6.41. The zero-order valence-electron chi connectivity index (χ0n) is 4.94. The van der Waals surface area contributed by atoms with Crippen LogP contribution in [0.1, 0.15) is 0 Å². The predicted molar refractivity (Wildman–Crippen MR) is 42.1 cm³/mol. The Bertz CT molecular complexity index is 238. The van der Waals surface area contributed by atoms with Gasteiger partial charge in [0.25, 0.3) is 0 Å². The van der Waals surface area contributed by atoms with Crippen LogP contribution in [-0.2, 0) is 0 Å². The van der Waals surface area contributed by atoms with Crippen molar-refractivity contribution in [2.24, 2.45) is 5.84 Å². The van der Waals surface area contributed by atoms with Crippen LogP contribution in [0, 0.1) is 0 Å². The summed E-state index contributed by atoms with van der Waals surface area (Å²) in [5.41, 5.74) is 3.02. The normalized spacial score (nSPS) is 9.50. The van der Waals surface area contributed by atoms with Crippen LogP contribution in [0.4, 0.5) is 5.69 Å². The Morgan fingerprint density at radius 2 is 2.20 bits per heavy atom. The van der Waals surface area contributed by atoms with E-state index in [0.717, 1.165) is 0 Å². The van der Waals surface area contributed by atoms with Crippen LogP contribution in [0.3, 0.4) is 0 Å². The van der Waals surface area contributed by atoms with Crippen molar-refractivity contribution >= 4 is 28.9 Å². The van der Waals surface area contributed by atoms with E-state index in [1.165, 1.54) is 6.20 Å². The molecule has 10 heavy (non-hydrogen) atoms. The molecule has 0 atom stereocenters. The van der Waals surface area contributed by atoms with Gasteiger partial charge in [-0.2, -0.15) is 0 Å². The lowest BCUT2D eigenvalue weighted by Gasteiger charge is -1.98. The molecular weight excluding hydrogens is 173 g/mol. The largest absolute Gasteiger partial charge is 0.323 e. The molecule has 54 valence electrons. The molecule has 0 amide bonds. The summed E-state index contributed by atoms with van der Waals surface area (Å²) in [6.07, 6.45) is 1.49. The number of hydrogen-bond acceptors (Lipinski definition) is 3. The zero-order valence-corrected chi connectivity index (χ0v) is 6.45. The number of nitrogens with two attached hydrogens (primary N) is 1. The summed E-state index contributed by atoms with van der Waals surface area (Å²) in [7, 11) is 0. The van der Waals surface area contributed by atoms with Crippen LogP contribution in [0.25, 0.3) is 0 Å². The summed E-state index contributed by atoms with van der Waals surface area (Å²) in [5.74, 6) is 5.08. The molecule has 0 unspecified atom stereocenters. The van der Waals surface area contributed by atoms with Crippen LogP contribution in [0.5, 0.6) is 0 Å². The van der Waals surface area contributed by atoms with E-state index in [9.17, 15) is 0 Å². The second kappa shape index (κ2) is 3.05. The van der Waals surface area contributed by atoms with Crippen molar-refractivity contribution in [3.05, 3.63) is 22.4 Å². The maximum atomic E-state index is 5.60. The Kier molecular flexibility index (Phi) is 2.32. The lowest BCUT2D eigenvalue weighted by atomic mass is 10.4. The number of hydrogen-bond donors (Lipinski definition) is 2. The molecule has 0 radical (unpaired) electrons. The minimum absolute atomic E-state index is 0.278. The van der Waals surface area contributed by atoms with Crippen molar-refractivity contribution in [2.75, 3.05) is 5.43 Å². The summed E-state index contributed by atoms with van der Waals surface area (Å²) >= 11 is 11.1. The number of anilines is 1. The SMILES string of the molecule is NNc1cnc(Cl)c(Cl)c1. The summed E-state index contributed by atoms with van der Waals surface area (Å²) in [5, 5.41) is 0.665. The Hall–Kier alpha value is -0.510. The first-order valence-corrected chi connectivity index (χ1v) is 3.27. The smallest absolute Gasteiger partial charge is 0.147 e. The Morgan fingerprint density at radius 3 is 2.70 bits per heavy atom. The van der Waals surface area contributed by atoms with E-state index in [1.54, 1.807) is 6.07 Å². The van der Waals surface area contributed by atoms with Gasteiger partial charge in [0, 0.05) is 0 Å². The van der Waals surface area contributed by atoms with E-state index in [4.69, 9.17) is 29.0 Å². The number of hydrazine groups is 1. The van der Waals surface area contributed by atoms with E-state index >= 15 is 0 Å². The van der Waals surface area contributed by atoms with Crippen molar-refractivity contribution in [1.29, 1.82) is 0 Å². The molecule has 1 rings (SSSR count). The van der Waals surface area contributed by atoms with Crippen molar-refractivity contribution in [1.82, 2.24) is 4.98 Å². The average Bonchev–Trinajstić information content (AvgIpc) is 1.95. The summed E-state index contributed by atoms with van der Waals surface area (Å²) in [4.78, 5) is 3.74. The molecule has 0 spiro atoms. The minimum atomic E-state index is 0.278. The van der Waals surface area contributed by atoms with Gasteiger partial charge in [-0.1, -0.05) is 23.2 Å². The molecular formula is C5H5Cl2N3. The highest BCUT2D eigenvalue weighted by Crippen LogP contribution is 2.21. The molecule has 0 saturated heterocycles. The molecule has 0 aliphatic heterocycles. The first kappa shape index (κ1) is 7.60. The second-order valence-corrected chi connectivity index (χ2v) is 2.41. The van der Waals surface area contributed by atoms with E-state index in [0.29, 0.717) is 10.7 Å². The maximum Gasteiger partial charge on any atom is 0.147 e. The van der Waals surface area contributed by atoms with E-state index in [-0.39, 0.29) is 5.15 Å². The summed E-state index contributed by atoms with van der Waals surface area (Å²) < 4.78 is 0. The Labute approximate surface area is 68.1 Å². The van der Waals surface area contributed by atoms with Gasteiger partial charge in [0.1, 0.15) is 5.15 Å². The third-order valence-corrected chi connectivity index (χ3v) is 1.65. The first-order chi connectivity index (χ1) is 4.74. The molecule has 0 bridgehead atoms. The van der Waals surface area contributed by atoms with Crippen molar-refractivity contribution in [2.45, 2.75) is 0 Å². The van der Waals surface area contributed by atoms with Crippen LogP contribution in [0.15, 0.2) is 12.3 Å². The second-order valence-electron chi connectivity index (χ2n) is 1.64. The number of pyridine rings is 1. The standard InChI is InChI=1S/C5H5Cl2N3/c6-4-1-3(10-8)2-9-5(4)7/h1-2,10H,8H2. The fourth-order valence-corrected chi connectivity index (χ4v) is 0.770. The van der Waals surface area contributed by atoms with Crippen molar-refractivity contribution in [3.8, 4) is 0 Å². The van der Waals surface area contributed by atoms with E-state index in [1.807, 2.05) is 0 Å². The quantitative estimate of drug-likeness (QED) is 0.390. The van der Waals surface area contributed by atoms with Crippen molar-refractivity contribution < 1.29 is 0 Å². The molecule has 0 aliphatic rings. The number of rotatable bonds is 1. The molecule has 1 heterocycles. The monoisotopic (exact) mass is 177 g/mol. The molecule has 3 N–H and O–H groups in total. The molecule has 5 heteroatoms. The third-order valence-electron chi connectivity index (χ3n) is 0.963. The number of aromatic nitrogens is 1. The molecule has 0 aliphatic carbocycles. The maximum absolute atomic E-state index is 5.60. The van der Waals surface area contributed by atoms with Gasteiger partial charge in [-0.15, -0.1) is 0 Å². The Balaban J connectivity index is 3.04. The molecule has 0 fully saturated rings. The van der Waals surface area contributed by atoms with Gasteiger partial charge in [-0.3, -0.25) is 5.84 Å². The number of nitrogens with one attached hydrogen (secondary N) is 1. The van der Waals surface area contributed by atoms with E-state index in [2.05, 4.69) is 10.4 Å². The Morgan fingerprint density at radius 1 is 1.50 bits per heavy atom. The van der Waals surface area contributed by atoms with Gasteiger partial charge < -0.3 is 5.43 Å². The van der Waals surface area contributed by atoms with Crippen LogP contribution >= 0.6 is 23.2 Å². The highest BCUT2D eigenvalue weighted by atomic mass is 35.5. The molecule has 1 aromatic heterocycles. The molecule has 1 aromatic rings. The van der Waals surface area contributed by atoms with Crippen LogP contribution in [0.2, 0.25) is 10.2 Å². The third kappa shape index (κ3) is 1.50. The minimum Gasteiger partial charge on any atom is -0.323 e. The highest BCUT2D eigenvalue weighted by Gasteiger charge is 1.97. The van der Waals surface area contributed by atoms with Crippen LogP contribution in [-0.4, -0.2) is 4.98 Å². The number of halogens is 2. The van der Waals surface area contributed by atoms with Gasteiger partial charge in [-0.05, 0) is 6.07 Å². The summed E-state index contributed by atoms with van der Waals surface area (Å²) in [6.45, 7) is 0. The number of nitrogens with zero attached hydrogens (tertiary/aromatic N) is 1. The van der Waals surface area contributed by atoms with Gasteiger partial charge >= 0.3 is 0 Å². The zero-order chi connectivity index (χ0) is 7.56.